The molecular weight excluding hydrogens is 387 g/mol. The number of rotatable bonds is 12. The number of carbonyl (C=O) groups is 2. The largest absolute Gasteiger partial charge is 0.465 e. The maximum Gasteiger partial charge on any atom is 0.328 e. The molecule has 0 bridgehead atoms. The van der Waals surface area contributed by atoms with Gasteiger partial charge in [-0.15, -0.1) is 0 Å². The zero-order chi connectivity index (χ0) is 20.3. The zero-order valence-corrected chi connectivity index (χ0v) is 18.0. The highest BCUT2D eigenvalue weighted by Crippen LogP contribution is 2.34. The summed E-state index contributed by atoms with van der Waals surface area (Å²) in [5, 5.41) is 0.415. The first kappa shape index (κ1) is 23.8. The normalized spacial score (nSPS) is 11.3. The van der Waals surface area contributed by atoms with Gasteiger partial charge in [-0.2, -0.15) is 0 Å². The third kappa shape index (κ3) is 8.10. The number of halogens is 2. The van der Waals surface area contributed by atoms with Gasteiger partial charge < -0.3 is 9.47 Å². The van der Waals surface area contributed by atoms with E-state index in [0.717, 1.165) is 19.3 Å². The van der Waals surface area contributed by atoms with Crippen LogP contribution in [0, 0.1) is 5.41 Å². The molecule has 1 aromatic carbocycles. The van der Waals surface area contributed by atoms with Gasteiger partial charge in [-0.1, -0.05) is 81.1 Å². The molecule has 1 rings (SSSR count). The van der Waals surface area contributed by atoms with Gasteiger partial charge >= 0.3 is 11.9 Å². The summed E-state index contributed by atoms with van der Waals surface area (Å²) in [7, 11) is 0. The van der Waals surface area contributed by atoms with E-state index < -0.39 is 17.4 Å². The molecular formula is C21H30Cl2O4. The van der Waals surface area contributed by atoms with Gasteiger partial charge in [0, 0.05) is 0 Å². The molecule has 0 aromatic heterocycles. The second kappa shape index (κ2) is 12.2. The Morgan fingerprint density at radius 2 is 1.41 bits per heavy atom. The highest BCUT2D eigenvalue weighted by molar-refractivity contribution is 6.37. The molecule has 152 valence electrons. The first-order valence-electron chi connectivity index (χ1n) is 9.64. The minimum Gasteiger partial charge on any atom is -0.465 e. The Balaban J connectivity index is 2.37. The van der Waals surface area contributed by atoms with Crippen LogP contribution in [0.15, 0.2) is 18.2 Å². The lowest BCUT2D eigenvalue weighted by Crippen LogP contribution is -2.38. The second-order valence-electron chi connectivity index (χ2n) is 7.18. The Bertz CT molecular complexity index is 594. The van der Waals surface area contributed by atoms with Gasteiger partial charge in [0.05, 0.1) is 16.7 Å². The van der Waals surface area contributed by atoms with Crippen molar-refractivity contribution in [3.8, 4) is 5.75 Å². The van der Waals surface area contributed by atoms with Crippen molar-refractivity contribution in [2.75, 3.05) is 6.61 Å². The molecule has 6 heteroatoms. The average molecular weight is 417 g/mol. The summed E-state index contributed by atoms with van der Waals surface area (Å²) in [6.45, 7) is 5.44. The van der Waals surface area contributed by atoms with Gasteiger partial charge in [0.2, 0.25) is 0 Å². The monoisotopic (exact) mass is 416 g/mol. The van der Waals surface area contributed by atoms with E-state index in [1.165, 1.54) is 46.0 Å². The van der Waals surface area contributed by atoms with Crippen LogP contribution in [0.5, 0.6) is 5.75 Å². The molecule has 0 atom stereocenters. The molecule has 0 aliphatic carbocycles. The van der Waals surface area contributed by atoms with Crippen molar-refractivity contribution in [1.82, 2.24) is 0 Å². The lowest BCUT2D eigenvalue weighted by Gasteiger charge is -2.21. The van der Waals surface area contributed by atoms with Crippen molar-refractivity contribution in [3.05, 3.63) is 28.2 Å². The predicted molar refractivity (Wildman–Crippen MR) is 109 cm³/mol. The fraction of sp³-hybridized carbons (Fsp3) is 0.619. The van der Waals surface area contributed by atoms with E-state index >= 15 is 0 Å². The number of hydrogen-bond acceptors (Lipinski definition) is 4. The standard InChI is InChI=1S/C21H30Cl2O4/c1-4-5-6-7-8-9-10-11-15-26-19(24)21(2,3)20(25)27-18-16(22)13-12-14-17(18)23/h12-14H,4-11,15H2,1-3H3. The molecule has 1 aromatic rings. The Hall–Kier alpha value is -1.26. The number of para-hydroxylation sites is 1. The van der Waals surface area contributed by atoms with Crippen molar-refractivity contribution >= 4 is 35.1 Å². The summed E-state index contributed by atoms with van der Waals surface area (Å²) in [4.78, 5) is 24.7. The van der Waals surface area contributed by atoms with E-state index in [1.54, 1.807) is 18.2 Å². The second-order valence-corrected chi connectivity index (χ2v) is 7.99. The van der Waals surface area contributed by atoms with Gasteiger partial charge in [0.25, 0.3) is 0 Å². The first-order valence-corrected chi connectivity index (χ1v) is 10.4. The van der Waals surface area contributed by atoms with Gasteiger partial charge in [-0.3, -0.25) is 9.59 Å². The third-order valence-electron chi connectivity index (χ3n) is 4.37. The van der Waals surface area contributed by atoms with Crippen LogP contribution in [0.4, 0.5) is 0 Å². The third-order valence-corrected chi connectivity index (χ3v) is 4.96. The van der Waals surface area contributed by atoms with E-state index in [9.17, 15) is 9.59 Å². The lowest BCUT2D eigenvalue weighted by atomic mass is 9.94. The molecule has 0 aliphatic rings. The fourth-order valence-corrected chi connectivity index (χ4v) is 2.94. The minimum absolute atomic E-state index is 0.0507. The number of benzene rings is 1. The molecule has 0 saturated carbocycles. The van der Waals surface area contributed by atoms with Crippen molar-refractivity contribution in [3.63, 3.8) is 0 Å². The van der Waals surface area contributed by atoms with Crippen LogP contribution in [-0.2, 0) is 14.3 Å². The smallest absolute Gasteiger partial charge is 0.328 e. The van der Waals surface area contributed by atoms with Crippen molar-refractivity contribution in [2.45, 2.75) is 72.1 Å². The van der Waals surface area contributed by atoms with Crippen LogP contribution < -0.4 is 4.74 Å². The molecule has 0 heterocycles. The molecule has 0 saturated heterocycles. The molecule has 27 heavy (non-hydrogen) atoms. The molecule has 0 spiro atoms. The fourth-order valence-electron chi connectivity index (χ4n) is 2.46. The Kier molecular flexibility index (Phi) is 10.8. The summed E-state index contributed by atoms with van der Waals surface area (Å²) in [5.74, 6) is -1.31. The number of ether oxygens (including phenoxy) is 2. The van der Waals surface area contributed by atoms with Crippen LogP contribution in [0.1, 0.15) is 72.1 Å². The van der Waals surface area contributed by atoms with Crippen LogP contribution in [0.3, 0.4) is 0 Å². The Labute approximate surface area is 172 Å². The number of esters is 2. The van der Waals surface area contributed by atoms with E-state index in [2.05, 4.69) is 6.92 Å². The lowest BCUT2D eigenvalue weighted by molar-refractivity contribution is -0.164. The SMILES string of the molecule is CCCCCCCCCCOC(=O)C(C)(C)C(=O)Oc1c(Cl)cccc1Cl. The van der Waals surface area contributed by atoms with E-state index in [-0.39, 0.29) is 15.8 Å². The number of hydrogen-bond donors (Lipinski definition) is 0. The van der Waals surface area contributed by atoms with Gasteiger partial charge in [-0.25, -0.2) is 0 Å². The Morgan fingerprint density at radius 1 is 0.889 bits per heavy atom. The van der Waals surface area contributed by atoms with Crippen LogP contribution in [0.25, 0.3) is 0 Å². The molecule has 0 unspecified atom stereocenters. The van der Waals surface area contributed by atoms with Crippen LogP contribution >= 0.6 is 23.2 Å². The van der Waals surface area contributed by atoms with Gasteiger partial charge in [-0.05, 0) is 32.4 Å². The minimum atomic E-state index is -1.44. The average Bonchev–Trinajstić information content (AvgIpc) is 2.63. The van der Waals surface area contributed by atoms with Crippen LogP contribution in [-0.4, -0.2) is 18.5 Å². The highest BCUT2D eigenvalue weighted by Gasteiger charge is 2.40. The highest BCUT2D eigenvalue weighted by atomic mass is 35.5. The molecule has 4 nitrogen and oxygen atoms in total. The maximum absolute atomic E-state index is 12.4. The van der Waals surface area contributed by atoms with Crippen molar-refractivity contribution < 1.29 is 19.1 Å². The van der Waals surface area contributed by atoms with Crippen molar-refractivity contribution in [2.24, 2.45) is 5.41 Å². The summed E-state index contributed by atoms with van der Waals surface area (Å²) in [5.41, 5.74) is -1.44. The molecule has 0 radical (unpaired) electrons. The predicted octanol–water partition coefficient (Wildman–Crippen LogP) is 6.61. The van der Waals surface area contributed by atoms with E-state index in [0.29, 0.717) is 6.61 Å². The Morgan fingerprint density at radius 3 is 1.96 bits per heavy atom. The molecule has 0 N–H and O–H groups in total. The molecule has 0 fully saturated rings. The topological polar surface area (TPSA) is 52.6 Å². The zero-order valence-electron chi connectivity index (χ0n) is 16.5. The summed E-state index contributed by atoms with van der Waals surface area (Å²) >= 11 is 12.0. The van der Waals surface area contributed by atoms with E-state index in [4.69, 9.17) is 32.7 Å². The van der Waals surface area contributed by atoms with Crippen molar-refractivity contribution in [1.29, 1.82) is 0 Å². The van der Waals surface area contributed by atoms with E-state index in [1.807, 2.05) is 0 Å². The molecule has 0 aliphatic heterocycles. The summed E-state index contributed by atoms with van der Waals surface area (Å²) < 4.78 is 10.5. The number of unbranched alkanes of at least 4 members (excludes halogenated alkanes) is 7. The van der Waals surface area contributed by atoms with Gasteiger partial charge in [0.1, 0.15) is 0 Å². The summed E-state index contributed by atoms with van der Waals surface area (Å²) in [6.07, 6.45) is 9.25. The maximum atomic E-state index is 12.4. The first-order chi connectivity index (χ1) is 12.8. The summed E-state index contributed by atoms with van der Waals surface area (Å²) in [6, 6.07) is 4.76. The molecule has 0 amide bonds. The van der Waals surface area contributed by atoms with Crippen LogP contribution in [0.2, 0.25) is 10.0 Å². The van der Waals surface area contributed by atoms with Gasteiger partial charge in [0.15, 0.2) is 11.2 Å². The number of carbonyl (C=O) groups excluding carboxylic acids is 2. The quantitative estimate of drug-likeness (QED) is 0.166.